The first-order chi connectivity index (χ1) is 12.4. The molecule has 0 aliphatic carbocycles. The topological polar surface area (TPSA) is 120 Å². The molecular formula is C17H19N3O6. The molecule has 26 heavy (non-hydrogen) atoms. The van der Waals surface area contributed by atoms with Crippen LogP contribution < -0.4 is 10.9 Å². The summed E-state index contributed by atoms with van der Waals surface area (Å²) in [7, 11) is 2.98. The van der Waals surface area contributed by atoms with E-state index in [0.717, 1.165) is 4.68 Å². The number of hydrogen-bond donors (Lipinski definition) is 2. The van der Waals surface area contributed by atoms with Crippen LogP contribution in [0, 0.1) is 0 Å². The van der Waals surface area contributed by atoms with Gasteiger partial charge >= 0.3 is 5.97 Å². The number of carbonyl (C=O) groups excluding carboxylic acids is 1. The highest BCUT2D eigenvalue weighted by Crippen LogP contribution is 2.17. The fourth-order valence-electron chi connectivity index (χ4n) is 2.24. The zero-order valence-corrected chi connectivity index (χ0v) is 14.4. The van der Waals surface area contributed by atoms with Crippen molar-refractivity contribution in [2.45, 2.75) is 13.2 Å². The number of nitrogens with zero attached hydrogens (tertiary/aromatic N) is 2. The van der Waals surface area contributed by atoms with E-state index in [0.29, 0.717) is 11.3 Å². The Labute approximate surface area is 149 Å². The summed E-state index contributed by atoms with van der Waals surface area (Å²) in [5.41, 5.74) is 0.579. The number of carboxylic acids is 1. The van der Waals surface area contributed by atoms with Crippen molar-refractivity contribution in [2.75, 3.05) is 26.1 Å². The number of nitrogens with one attached hydrogen (secondary N) is 1. The molecule has 0 bridgehead atoms. The van der Waals surface area contributed by atoms with Gasteiger partial charge in [0.25, 0.3) is 11.5 Å². The SMILES string of the molecule is COCCn1nc(C(=O)Nc2cc(COC)cc(C(=O)O)c2)ccc1=O. The monoisotopic (exact) mass is 361 g/mol. The third-order valence-corrected chi connectivity index (χ3v) is 3.42. The molecule has 138 valence electrons. The van der Waals surface area contributed by atoms with Crippen LogP contribution in [0.5, 0.6) is 0 Å². The quantitative estimate of drug-likeness (QED) is 0.719. The van der Waals surface area contributed by atoms with Crippen LogP contribution >= 0.6 is 0 Å². The van der Waals surface area contributed by atoms with Gasteiger partial charge in [-0.3, -0.25) is 9.59 Å². The van der Waals surface area contributed by atoms with E-state index in [1.165, 1.54) is 38.5 Å². The van der Waals surface area contributed by atoms with Gasteiger partial charge in [0.2, 0.25) is 0 Å². The number of amides is 1. The normalized spacial score (nSPS) is 10.5. The molecule has 0 fully saturated rings. The first-order valence-corrected chi connectivity index (χ1v) is 7.69. The molecule has 0 saturated heterocycles. The number of carboxylic acid groups (broad SMARTS) is 1. The third kappa shape index (κ3) is 4.98. The largest absolute Gasteiger partial charge is 0.478 e. The van der Waals surface area contributed by atoms with Gasteiger partial charge in [0.1, 0.15) is 5.69 Å². The van der Waals surface area contributed by atoms with Crippen molar-refractivity contribution in [3.05, 3.63) is 57.5 Å². The summed E-state index contributed by atoms with van der Waals surface area (Å²) in [5, 5.41) is 15.8. The van der Waals surface area contributed by atoms with E-state index in [9.17, 15) is 19.5 Å². The van der Waals surface area contributed by atoms with E-state index >= 15 is 0 Å². The lowest BCUT2D eigenvalue weighted by molar-refractivity contribution is 0.0696. The average Bonchev–Trinajstić information content (AvgIpc) is 2.61. The Morgan fingerprint density at radius 2 is 1.96 bits per heavy atom. The molecule has 2 aromatic rings. The Morgan fingerprint density at radius 3 is 2.62 bits per heavy atom. The minimum Gasteiger partial charge on any atom is -0.478 e. The summed E-state index contributed by atoms with van der Waals surface area (Å²) in [6.07, 6.45) is 0. The number of aromatic carboxylic acids is 1. The lowest BCUT2D eigenvalue weighted by atomic mass is 10.1. The molecule has 9 heteroatoms. The number of aromatic nitrogens is 2. The zero-order chi connectivity index (χ0) is 19.1. The van der Waals surface area contributed by atoms with Gasteiger partial charge in [0.05, 0.1) is 25.3 Å². The number of hydrogen-bond acceptors (Lipinski definition) is 6. The van der Waals surface area contributed by atoms with Gasteiger partial charge in [-0.05, 0) is 29.8 Å². The summed E-state index contributed by atoms with van der Waals surface area (Å²) in [6, 6.07) is 6.94. The summed E-state index contributed by atoms with van der Waals surface area (Å²) >= 11 is 0. The van der Waals surface area contributed by atoms with Crippen LogP contribution in [0.4, 0.5) is 5.69 Å². The van der Waals surface area contributed by atoms with Crippen molar-refractivity contribution < 1.29 is 24.2 Å². The first kappa shape index (κ1) is 19.3. The van der Waals surface area contributed by atoms with E-state index in [1.807, 2.05) is 0 Å². The van der Waals surface area contributed by atoms with Crippen molar-refractivity contribution in [1.82, 2.24) is 9.78 Å². The van der Waals surface area contributed by atoms with Crippen molar-refractivity contribution in [2.24, 2.45) is 0 Å². The third-order valence-electron chi connectivity index (χ3n) is 3.42. The Morgan fingerprint density at radius 1 is 1.19 bits per heavy atom. The molecule has 0 radical (unpaired) electrons. The fraction of sp³-hybridized carbons (Fsp3) is 0.294. The molecule has 2 rings (SSSR count). The van der Waals surface area contributed by atoms with Crippen LogP contribution in [0.15, 0.2) is 35.1 Å². The number of methoxy groups -OCH3 is 2. The standard InChI is InChI=1S/C17H19N3O6/c1-25-6-5-20-15(21)4-3-14(19-20)16(22)18-13-8-11(10-26-2)7-12(9-13)17(23)24/h3-4,7-9H,5-6,10H2,1-2H3,(H,18,22)(H,23,24). The molecule has 1 aromatic heterocycles. The average molecular weight is 361 g/mol. The molecule has 9 nitrogen and oxygen atoms in total. The Kier molecular flexibility index (Phi) is 6.59. The second-order valence-electron chi connectivity index (χ2n) is 5.38. The molecule has 2 N–H and O–H groups in total. The van der Waals surface area contributed by atoms with E-state index in [4.69, 9.17) is 9.47 Å². The first-order valence-electron chi connectivity index (χ1n) is 7.69. The van der Waals surface area contributed by atoms with Crippen molar-refractivity contribution in [3.63, 3.8) is 0 Å². The van der Waals surface area contributed by atoms with Crippen LogP contribution in [-0.4, -0.2) is 47.6 Å². The molecule has 0 unspecified atom stereocenters. The minimum absolute atomic E-state index is 0.0212. The second-order valence-corrected chi connectivity index (χ2v) is 5.38. The van der Waals surface area contributed by atoms with Gasteiger partial charge in [-0.15, -0.1) is 0 Å². The Balaban J connectivity index is 2.26. The van der Waals surface area contributed by atoms with Crippen molar-refractivity contribution in [3.8, 4) is 0 Å². The summed E-state index contributed by atoms with van der Waals surface area (Å²) in [5.74, 6) is -1.69. The van der Waals surface area contributed by atoms with E-state index in [2.05, 4.69) is 10.4 Å². The molecule has 0 saturated carbocycles. The highest BCUT2D eigenvalue weighted by molar-refractivity contribution is 6.03. The van der Waals surface area contributed by atoms with Crippen molar-refractivity contribution >= 4 is 17.6 Å². The second kappa shape index (κ2) is 8.88. The molecule has 0 aliphatic heterocycles. The number of ether oxygens (including phenoxy) is 2. The maximum Gasteiger partial charge on any atom is 0.335 e. The van der Waals surface area contributed by atoms with E-state index in [-0.39, 0.29) is 36.6 Å². The van der Waals surface area contributed by atoms with E-state index in [1.54, 1.807) is 6.07 Å². The summed E-state index contributed by atoms with van der Waals surface area (Å²) < 4.78 is 11.0. The van der Waals surface area contributed by atoms with Gasteiger partial charge in [-0.1, -0.05) is 0 Å². The number of rotatable bonds is 8. The molecular weight excluding hydrogens is 342 g/mol. The molecule has 1 amide bonds. The van der Waals surface area contributed by atoms with Crippen molar-refractivity contribution in [1.29, 1.82) is 0 Å². The number of benzene rings is 1. The van der Waals surface area contributed by atoms with Gasteiger partial charge in [0, 0.05) is 26.0 Å². The molecule has 1 heterocycles. The maximum absolute atomic E-state index is 12.4. The van der Waals surface area contributed by atoms with Gasteiger partial charge in [-0.25, -0.2) is 9.48 Å². The van der Waals surface area contributed by atoms with Crippen LogP contribution in [0.1, 0.15) is 26.4 Å². The molecule has 1 aromatic carbocycles. The van der Waals surface area contributed by atoms with Crippen LogP contribution in [0.25, 0.3) is 0 Å². The minimum atomic E-state index is -1.12. The van der Waals surface area contributed by atoms with Gasteiger partial charge in [-0.2, -0.15) is 5.10 Å². The lowest BCUT2D eigenvalue weighted by Crippen LogP contribution is -2.27. The van der Waals surface area contributed by atoms with E-state index < -0.39 is 11.9 Å². The Hall–Kier alpha value is -3.04. The van der Waals surface area contributed by atoms with Crippen LogP contribution in [-0.2, 0) is 22.6 Å². The predicted octanol–water partition coefficient (Wildman–Crippen LogP) is 0.987. The van der Waals surface area contributed by atoms with Gasteiger partial charge < -0.3 is 19.9 Å². The molecule has 0 aliphatic rings. The maximum atomic E-state index is 12.4. The fourth-order valence-corrected chi connectivity index (χ4v) is 2.24. The highest BCUT2D eigenvalue weighted by atomic mass is 16.5. The smallest absolute Gasteiger partial charge is 0.335 e. The number of carbonyl (C=O) groups is 2. The Bertz CT molecular complexity index is 862. The van der Waals surface area contributed by atoms with Crippen LogP contribution in [0.3, 0.4) is 0 Å². The predicted molar refractivity (Wildman–Crippen MR) is 92.4 cm³/mol. The molecule has 0 atom stereocenters. The van der Waals surface area contributed by atoms with Crippen LogP contribution in [0.2, 0.25) is 0 Å². The highest BCUT2D eigenvalue weighted by Gasteiger charge is 2.13. The number of anilines is 1. The summed E-state index contributed by atoms with van der Waals surface area (Å²) in [4.78, 5) is 35.4. The summed E-state index contributed by atoms with van der Waals surface area (Å²) in [6.45, 7) is 0.687. The lowest BCUT2D eigenvalue weighted by Gasteiger charge is -2.10. The molecule has 0 spiro atoms. The zero-order valence-electron chi connectivity index (χ0n) is 14.4. The van der Waals surface area contributed by atoms with Gasteiger partial charge in [0.15, 0.2) is 0 Å².